The monoisotopic (exact) mass is 143 g/mol. The van der Waals surface area contributed by atoms with Gasteiger partial charge >= 0.3 is 0 Å². The van der Waals surface area contributed by atoms with Crippen LogP contribution >= 0.6 is 12.6 Å². The van der Waals surface area contributed by atoms with Crippen LogP contribution < -0.4 is 5.73 Å². The van der Waals surface area contributed by atoms with Crippen molar-refractivity contribution in [1.82, 2.24) is 9.97 Å². The highest BCUT2D eigenvalue weighted by atomic mass is 32.1. The van der Waals surface area contributed by atoms with E-state index in [2.05, 4.69) is 22.6 Å². The van der Waals surface area contributed by atoms with E-state index >= 15 is 0 Å². The zero-order chi connectivity index (χ0) is 6.85. The highest BCUT2D eigenvalue weighted by molar-refractivity contribution is 7.97. The molecule has 0 bridgehead atoms. The number of H-pyrrole nitrogens is 1. The zero-order valence-corrected chi connectivity index (χ0v) is 5.35. The third-order valence-corrected chi connectivity index (χ3v) is 1.11. The number of hydrogen-bond acceptors (Lipinski definition) is 3. The summed E-state index contributed by atoms with van der Waals surface area (Å²) in [5.41, 5.74) is 5.48. The Morgan fingerprint density at radius 1 is 1.89 bits per heavy atom. The van der Waals surface area contributed by atoms with Gasteiger partial charge in [-0.1, -0.05) is 12.6 Å². The summed E-state index contributed by atoms with van der Waals surface area (Å²) < 4.78 is 0. The Bertz CT molecular complexity index is 231. The van der Waals surface area contributed by atoms with Crippen LogP contribution in [0.2, 0.25) is 0 Å². The molecule has 5 heteroatoms. The van der Waals surface area contributed by atoms with Crippen molar-refractivity contribution in [2.24, 2.45) is 0 Å². The van der Waals surface area contributed by atoms with Gasteiger partial charge < -0.3 is 10.7 Å². The van der Waals surface area contributed by atoms with Crippen LogP contribution in [0.3, 0.4) is 0 Å². The molecule has 4 nitrogen and oxygen atoms in total. The minimum absolute atomic E-state index is 0.190. The first-order valence-corrected chi connectivity index (χ1v) is 2.68. The molecule has 0 radical (unpaired) electrons. The van der Waals surface area contributed by atoms with Gasteiger partial charge in [0.25, 0.3) is 0 Å². The van der Waals surface area contributed by atoms with Gasteiger partial charge in [0.15, 0.2) is 5.82 Å². The molecule has 0 spiro atoms. The lowest BCUT2D eigenvalue weighted by atomic mass is 10.5. The number of imidazole rings is 1. The number of aromatic amines is 1. The van der Waals surface area contributed by atoms with Crippen molar-refractivity contribution in [3.05, 3.63) is 12.0 Å². The van der Waals surface area contributed by atoms with Gasteiger partial charge in [0.05, 0.1) is 6.33 Å². The molecule has 1 aromatic heterocycles. The number of hydrogen-bond donors (Lipinski definition) is 3. The van der Waals surface area contributed by atoms with Gasteiger partial charge in [0.1, 0.15) is 5.69 Å². The number of nitrogens with two attached hydrogens (primary N) is 1. The molecule has 0 saturated heterocycles. The summed E-state index contributed by atoms with van der Waals surface area (Å²) in [6.45, 7) is 0. The van der Waals surface area contributed by atoms with E-state index in [9.17, 15) is 4.79 Å². The Morgan fingerprint density at radius 2 is 2.56 bits per heavy atom. The van der Waals surface area contributed by atoms with Crippen LogP contribution in [0.15, 0.2) is 6.33 Å². The van der Waals surface area contributed by atoms with E-state index in [0.29, 0.717) is 0 Å². The largest absolute Gasteiger partial charge is 0.382 e. The summed E-state index contributed by atoms with van der Waals surface area (Å²) in [4.78, 5) is 16.6. The standard InChI is InChI=1S/C4H5N3OS/c5-3-2(4(8)9)6-1-7-3/h1H,5H2,(H,6,7)(H,8,9). The SMILES string of the molecule is Nc1nc[nH]c1C(=O)S. The molecule has 1 aromatic rings. The lowest BCUT2D eigenvalue weighted by molar-refractivity contribution is 0.108. The average Bonchev–Trinajstić information content (AvgIpc) is 2.13. The predicted molar refractivity (Wildman–Crippen MR) is 36.3 cm³/mol. The van der Waals surface area contributed by atoms with E-state index in [1.807, 2.05) is 0 Å². The van der Waals surface area contributed by atoms with Gasteiger partial charge in [0.2, 0.25) is 5.12 Å². The number of aromatic nitrogens is 2. The number of carbonyl (C=O) groups excluding carboxylic acids is 1. The van der Waals surface area contributed by atoms with Crippen molar-refractivity contribution in [2.45, 2.75) is 0 Å². The van der Waals surface area contributed by atoms with Crippen molar-refractivity contribution in [3.8, 4) is 0 Å². The topological polar surface area (TPSA) is 71.8 Å². The second-order valence-electron chi connectivity index (χ2n) is 1.47. The maximum Gasteiger partial charge on any atom is 0.236 e. The molecule has 0 aliphatic rings. The van der Waals surface area contributed by atoms with Crippen LogP contribution in [0, 0.1) is 0 Å². The lowest BCUT2D eigenvalue weighted by Gasteiger charge is -1.86. The van der Waals surface area contributed by atoms with E-state index in [1.54, 1.807) is 0 Å². The fourth-order valence-electron chi connectivity index (χ4n) is 0.476. The van der Waals surface area contributed by atoms with Crippen LogP contribution in [-0.2, 0) is 0 Å². The van der Waals surface area contributed by atoms with Gasteiger partial charge in [-0.05, 0) is 0 Å². The Hall–Kier alpha value is -0.970. The van der Waals surface area contributed by atoms with Gasteiger partial charge in [-0.25, -0.2) is 4.98 Å². The number of carbonyl (C=O) groups is 1. The van der Waals surface area contributed by atoms with Crippen molar-refractivity contribution >= 4 is 23.6 Å². The first-order valence-electron chi connectivity index (χ1n) is 2.24. The number of nitrogen functional groups attached to an aromatic ring is 1. The van der Waals surface area contributed by atoms with Crippen molar-refractivity contribution < 1.29 is 4.79 Å². The molecule has 0 unspecified atom stereocenters. The number of thiol groups is 1. The van der Waals surface area contributed by atoms with Crippen LogP contribution in [0.5, 0.6) is 0 Å². The Kier molecular flexibility index (Phi) is 1.44. The van der Waals surface area contributed by atoms with E-state index in [-0.39, 0.29) is 11.5 Å². The Morgan fingerprint density at radius 3 is 2.78 bits per heavy atom. The van der Waals surface area contributed by atoms with Crippen molar-refractivity contribution in [3.63, 3.8) is 0 Å². The number of anilines is 1. The predicted octanol–water partition coefficient (Wildman–Crippen LogP) is 0.0619. The molecule has 9 heavy (non-hydrogen) atoms. The Labute approximate surface area is 56.9 Å². The smallest absolute Gasteiger partial charge is 0.236 e. The molecule has 3 N–H and O–H groups in total. The highest BCUT2D eigenvalue weighted by Gasteiger charge is 2.05. The molecule has 0 aromatic carbocycles. The number of nitrogens with zero attached hydrogens (tertiary/aromatic N) is 1. The Balaban J connectivity index is 3.08. The number of rotatable bonds is 1. The molecule has 48 valence electrons. The molecule has 0 fully saturated rings. The normalized spacial score (nSPS) is 9.44. The van der Waals surface area contributed by atoms with Gasteiger partial charge in [-0.15, -0.1) is 0 Å². The summed E-state index contributed by atoms with van der Waals surface area (Å²) in [7, 11) is 0. The maximum absolute atomic E-state index is 10.4. The van der Waals surface area contributed by atoms with Crippen LogP contribution in [-0.4, -0.2) is 15.1 Å². The second kappa shape index (κ2) is 2.10. The number of nitrogens with one attached hydrogen (secondary N) is 1. The average molecular weight is 143 g/mol. The quantitative estimate of drug-likeness (QED) is 0.487. The molecule has 0 aliphatic carbocycles. The summed E-state index contributed by atoms with van der Waals surface area (Å²) in [5.74, 6) is 0.190. The van der Waals surface area contributed by atoms with Crippen LogP contribution in [0.4, 0.5) is 5.82 Å². The lowest BCUT2D eigenvalue weighted by Crippen LogP contribution is -1.95. The molecule has 0 atom stereocenters. The van der Waals surface area contributed by atoms with Gasteiger partial charge in [-0.3, -0.25) is 4.79 Å². The summed E-state index contributed by atoms with van der Waals surface area (Å²) in [6, 6.07) is 0. The second-order valence-corrected chi connectivity index (χ2v) is 1.87. The third kappa shape index (κ3) is 1.05. The molecule has 1 rings (SSSR count). The molecular weight excluding hydrogens is 138 g/mol. The first kappa shape index (κ1) is 6.15. The summed E-state index contributed by atoms with van der Waals surface area (Å²) in [6.07, 6.45) is 1.35. The van der Waals surface area contributed by atoms with Crippen molar-refractivity contribution in [2.75, 3.05) is 5.73 Å². The fraction of sp³-hybridized carbons (Fsp3) is 0. The van der Waals surface area contributed by atoms with Gasteiger partial charge in [-0.2, -0.15) is 0 Å². The first-order chi connectivity index (χ1) is 4.22. The molecule has 1 heterocycles. The third-order valence-electron chi connectivity index (χ3n) is 0.883. The van der Waals surface area contributed by atoms with Crippen molar-refractivity contribution in [1.29, 1.82) is 0 Å². The minimum atomic E-state index is -0.398. The fourth-order valence-corrected chi connectivity index (χ4v) is 0.655. The molecule has 0 amide bonds. The van der Waals surface area contributed by atoms with Gasteiger partial charge in [0, 0.05) is 0 Å². The van der Waals surface area contributed by atoms with Crippen LogP contribution in [0.1, 0.15) is 10.5 Å². The van der Waals surface area contributed by atoms with E-state index in [0.717, 1.165) is 0 Å². The summed E-state index contributed by atoms with van der Waals surface area (Å²) in [5, 5.41) is -0.398. The molecule has 0 saturated carbocycles. The zero-order valence-electron chi connectivity index (χ0n) is 4.46. The maximum atomic E-state index is 10.4. The highest BCUT2D eigenvalue weighted by Crippen LogP contribution is 2.05. The van der Waals surface area contributed by atoms with E-state index in [4.69, 9.17) is 5.73 Å². The van der Waals surface area contributed by atoms with E-state index in [1.165, 1.54) is 6.33 Å². The van der Waals surface area contributed by atoms with E-state index < -0.39 is 5.12 Å². The summed E-state index contributed by atoms with van der Waals surface area (Å²) >= 11 is 3.53. The minimum Gasteiger partial charge on any atom is -0.382 e. The van der Waals surface area contributed by atoms with Crippen LogP contribution in [0.25, 0.3) is 0 Å². The molecular formula is C4H5N3OS. The molecule has 0 aliphatic heterocycles.